The second kappa shape index (κ2) is 5.72. The van der Waals surface area contributed by atoms with Crippen LogP contribution in [0.1, 0.15) is 10.6 Å². The summed E-state index contributed by atoms with van der Waals surface area (Å²) in [5.41, 5.74) is 0.742. The van der Waals surface area contributed by atoms with Crippen molar-refractivity contribution in [1.29, 1.82) is 0 Å². The van der Waals surface area contributed by atoms with E-state index >= 15 is 0 Å². The molecule has 0 spiro atoms. The van der Waals surface area contributed by atoms with Gasteiger partial charge >= 0.3 is 5.88 Å². The van der Waals surface area contributed by atoms with E-state index in [1.807, 2.05) is 58.7 Å². The third-order valence-electron chi connectivity index (χ3n) is 2.84. The van der Waals surface area contributed by atoms with Crippen LogP contribution in [0, 0.1) is 10.1 Å². The molecule has 3 aromatic heterocycles. The molecule has 5 nitrogen and oxygen atoms in total. The molecule has 0 unspecified atom stereocenters. The molecule has 0 fully saturated rings. The van der Waals surface area contributed by atoms with Crippen LogP contribution in [0.2, 0.25) is 0 Å². The van der Waals surface area contributed by atoms with Crippen LogP contribution in [-0.4, -0.2) is 4.92 Å². The fourth-order valence-electron chi connectivity index (χ4n) is 1.90. The molecular weight excluding hydrogens is 288 g/mol. The number of rotatable bonds is 4. The standard InChI is InChI=1S/C15H11N2O3S/c18-17(19)15-7-6-14(20-15)13(11-12-5-4-10-21-12)16-8-2-1-3-9-16/h1-11H/q+1/b13-11-. The lowest BCUT2D eigenvalue weighted by Crippen LogP contribution is -2.31. The Labute approximate surface area is 124 Å². The number of hydrogen-bond donors (Lipinski definition) is 0. The van der Waals surface area contributed by atoms with Crippen molar-refractivity contribution in [1.82, 2.24) is 0 Å². The first-order valence-electron chi connectivity index (χ1n) is 6.20. The van der Waals surface area contributed by atoms with E-state index in [-0.39, 0.29) is 5.88 Å². The lowest BCUT2D eigenvalue weighted by atomic mass is 10.2. The quantitative estimate of drug-likeness (QED) is 0.420. The van der Waals surface area contributed by atoms with Gasteiger partial charge in [0.2, 0.25) is 5.76 Å². The fraction of sp³-hybridized carbons (Fsp3) is 0. The molecule has 0 atom stereocenters. The SMILES string of the molecule is O=[N+]([O-])c1ccc(/C(=C/c2cccs2)[n+]2ccccc2)o1. The van der Waals surface area contributed by atoms with Gasteiger partial charge in [-0.25, -0.2) is 0 Å². The Bertz CT molecular complexity index is 776. The Morgan fingerprint density at radius 2 is 2.00 bits per heavy atom. The van der Waals surface area contributed by atoms with Crippen molar-refractivity contribution in [3.63, 3.8) is 0 Å². The molecule has 3 aromatic rings. The molecule has 0 N–H and O–H groups in total. The second-order valence-electron chi connectivity index (χ2n) is 4.22. The minimum atomic E-state index is -0.540. The van der Waals surface area contributed by atoms with Crippen LogP contribution >= 0.6 is 11.3 Å². The van der Waals surface area contributed by atoms with E-state index in [2.05, 4.69) is 0 Å². The molecule has 0 aliphatic heterocycles. The average Bonchev–Trinajstić information content (AvgIpc) is 3.17. The van der Waals surface area contributed by atoms with Gasteiger partial charge in [0.15, 0.2) is 12.4 Å². The highest BCUT2D eigenvalue weighted by atomic mass is 32.1. The summed E-state index contributed by atoms with van der Waals surface area (Å²) in [7, 11) is 0. The summed E-state index contributed by atoms with van der Waals surface area (Å²) in [4.78, 5) is 11.3. The first-order chi connectivity index (χ1) is 10.2. The number of thiophene rings is 1. The summed E-state index contributed by atoms with van der Waals surface area (Å²) < 4.78 is 7.19. The van der Waals surface area contributed by atoms with Crippen molar-refractivity contribution in [3.05, 3.63) is 81.0 Å². The van der Waals surface area contributed by atoms with E-state index in [0.29, 0.717) is 5.76 Å². The number of nitrogens with zero attached hydrogens (tertiary/aromatic N) is 2. The summed E-state index contributed by atoms with van der Waals surface area (Å²) in [6.07, 6.45) is 5.68. The second-order valence-corrected chi connectivity index (χ2v) is 5.20. The number of furan rings is 1. The molecule has 0 saturated carbocycles. The van der Waals surface area contributed by atoms with Gasteiger partial charge < -0.3 is 4.42 Å². The van der Waals surface area contributed by atoms with E-state index in [1.165, 1.54) is 6.07 Å². The van der Waals surface area contributed by atoms with Crippen LogP contribution < -0.4 is 4.57 Å². The van der Waals surface area contributed by atoms with Gasteiger partial charge in [0, 0.05) is 23.1 Å². The highest BCUT2D eigenvalue weighted by Crippen LogP contribution is 2.23. The van der Waals surface area contributed by atoms with Gasteiger partial charge in [-0.3, -0.25) is 10.1 Å². The van der Waals surface area contributed by atoms with Crippen molar-refractivity contribution in [3.8, 4) is 0 Å². The first kappa shape index (κ1) is 13.3. The molecular formula is C15H11N2O3S+. The largest absolute Gasteiger partial charge is 0.433 e. The maximum Gasteiger partial charge on any atom is 0.433 e. The van der Waals surface area contributed by atoms with E-state index in [9.17, 15) is 10.1 Å². The maximum atomic E-state index is 10.8. The molecule has 0 aliphatic rings. The van der Waals surface area contributed by atoms with Crippen LogP contribution in [0.4, 0.5) is 5.88 Å². The van der Waals surface area contributed by atoms with E-state index in [0.717, 1.165) is 10.6 Å². The third kappa shape index (κ3) is 2.90. The monoisotopic (exact) mass is 299 g/mol. The summed E-state index contributed by atoms with van der Waals surface area (Å²) in [6.45, 7) is 0. The van der Waals surface area contributed by atoms with Crippen molar-refractivity contribution in [2.24, 2.45) is 0 Å². The Morgan fingerprint density at radius 1 is 1.19 bits per heavy atom. The van der Waals surface area contributed by atoms with Crippen LogP contribution in [0.3, 0.4) is 0 Å². The molecule has 3 rings (SSSR count). The first-order valence-corrected chi connectivity index (χ1v) is 7.08. The molecule has 3 heterocycles. The van der Waals surface area contributed by atoms with Gasteiger partial charge in [-0.1, -0.05) is 12.1 Å². The number of hydrogen-bond acceptors (Lipinski definition) is 4. The third-order valence-corrected chi connectivity index (χ3v) is 3.66. The van der Waals surface area contributed by atoms with Crippen LogP contribution in [0.5, 0.6) is 0 Å². The number of nitro groups is 1. The fourth-order valence-corrected chi connectivity index (χ4v) is 2.55. The Balaban J connectivity index is 2.10. The van der Waals surface area contributed by atoms with Crippen LogP contribution in [-0.2, 0) is 0 Å². The maximum absolute atomic E-state index is 10.8. The van der Waals surface area contributed by atoms with Gasteiger partial charge in [-0.2, -0.15) is 4.57 Å². The Morgan fingerprint density at radius 3 is 2.62 bits per heavy atom. The predicted molar refractivity (Wildman–Crippen MR) is 79.6 cm³/mol. The summed E-state index contributed by atoms with van der Waals surface area (Å²) >= 11 is 1.59. The highest BCUT2D eigenvalue weighted by molar-refractivity contribution is 7.10. The van der Waals surface area contributed by atoms with E-state index < -0.39 is 4.92 Å². The molecule has 104 valence electrons. The van der Waals surface area contributed by atoms with Gasteiger partial charge in [-0.05, 0) is 17.5 Å². The average molecular weight is 299 g/mol. The van der Waals surface area contributed by atoms with Gasteiger partial charge in [0.05, 0.1) is 6.07 Å². The molecule has 0 radical (unpaired) electrons. The van der Waals surface area contributed by atoms with E-state index in [1.54, 1.807) is 17.4 Å². The molecule has 0 saturated heterocycles. The van der Waals surface area contributed by atoms with E-state index in [4.69, 9.17) is 4.42 Å². The van der Waals surface area contributed by atoms with Crippen molar-refractivity contribution in [2.45, 2.75) is 0 Å². The zero-order chi connectivity index (χ0) is 14.7. The van der Waals surface area contributed by atoms with Gasteiger partial charge in [-0.15, -0.1) is 11.3 Å². The highest BCUT2D eigenvalue weighted by Gasteiger charge is 2.21. The molecule has 0 aliphatic carbocycles. The minimum Gasteiger partial charge on any atom is -0.394 e. The lowest BCUT2D eigenvalue weighted by molar-refractivity contribution is -0.579. The smallest absolute Gasteiger partial charge is 0.394 e. The summed E-state index contributed by atoms with van der Waals surface area (Å²) in [6, 6.07) is 12.6. The summed E-state index contributed by atoms with van der Waals surface area (Å²) in [5.74, 6) is 0.185. The van der Waals surface area contributed by atoms with Gasteiger partial charge in [0.1, 0.15) is 4.92 Å². The van der Waals surface area contributed by atoms with Crippen molar-refractivity contribution in [2.75, 3.05) is 0 Å². The minimum absolute atomic E-state index is 0.265. The number of aromatic nitrogens is 1. The molecule has 21 heavy (non-hydrogen) atoms. The normalized spacial score (nSPS) is 11.5. The predicted octanol–water partition coefficient (Wildman–Crippen LogP) is 3.58. The van der Waals surface area contributed by atoms with Crippen LogP contribution in [0.25, 0.3) is 11.8 Å². The summed E-state index contributed by atoms with van der Waals surface area (Å²) in [5, 5.41) is 12.8. The van der Waals surface area contributed by atoms with Gasteiger partial charge in [0.25, 0.3) is 5.70 Å². The topological polar surface area (TPSA) is 60.2 Å². The zero-order valence-electron chi connectivity index (χ0n) is 10.9. The van der Waals surface area contributed by atoms with Crippen molar-refractivity contribution >= 4 is 29.0 Å². The van der Waals surface area contributed by atoms with Crippen LogP contribution in [0.15, 0.2) is 64.7 Å². The molecule has 0 aromatic carbocycles. The Kier molecular flexibility index (Phi) is 3.61. The lowest BCUT2D eigenvalue weighted by Gasteiger charge is -1.97. The Hall–Kier alpha value is -2.73. The zero-order valence-corrected chi connectivity index (χ0v) is 11.7. The van der Waals surface area contributed by atoms with Crippen molar-refractivity contribution < 1.29 is 13.9 Å². The molecule has 0 bridgehead atoms. The molecule has 6 heteroatoms. The molecule has 0 amide bonds. The number of pyridine rings is 1.